The van der Waals surface area contributed by atoms with Crippen LogP contribution in [-0.2, 0) is 32.6 Å². The molecule has 0 aliphatic heterocycles. The summed E-state index contributed by atoms with van der Waals surface area (Å²) in [6, 6.07) is 31.5. The standard InChI is InChI=1S/C34H37N3O4S/c1-4-35-34(39)32(23-28-13-7-5-8-14-28)36(24-29-15-11-12-27(3)22-29)33(38)25-37(30-16-9-6-10-17-30)42(40,41)31-20-18-26(2)19-21-31/h5-22,32H,4,23-25H2,1-3H3,(H,35,39). The van der Waals surface area contributed by atoms with Crippen LogP contribution in [0.25, 0.3) is 0 Å². The molecule has 0 aliphatic rings. The van der Waals surface area contributed by atoms with Crippen molar-refractivity contribution in [1.29, 1.82) is 0 Å². The van der Waals surface area contributed by atoms with E-state index in [0.29, 0.717) is 12.2 Å². The Hall–Kier alpha value is -4.43. The molecule has 4 rings (SSSR count). The first-order valence-electron chi connectivity index (χ1n) is 14.0. The van der Waals surface area contributed by atoms with Crippen LogP contribution in [0.4, 0.5) is 5.69 Å². The molecule has 218 valence electrons. The Bertz CT molecular complexity index is 1590. The number of para-hydroxylation sites is 1. The molecule has 2 amide bonds. The van der Waals surface area contributed by atoms with Crippen LogP contribution in [-0.4, -0.2) is 44.3 Å². The first kappa shape index (κ1) is 30.5. The maximum absolute atomic E-state index is 14.3. The minimum Gasteiger partial charge on any atom is -0.355 e. The SMILES string of the molecule is CCNC(=O)C(Cc1ccccc1)N(Cc1cccc(C)c1)C(=O)CN(c1ccccc1)S(=O)(=O)c1ccc(C)cc1. The Morgan fingerprint density at radius 1 is 0.762 bits per heavy atom. The third kappa shape index (κ3) is 7.64. The molecule has 0 saturated carbocycles. The highest BCUT2D eigenvalue weighted by Gasteiger charge is 2.34. The Morgan fingerprint density at radius 3 is 2.00 bits per heavy atom. The number of nitrogens with one attached hydrogen (secondary N) is 1. The van der Waals surface area contributed by atoms with Crippen LogP contribution in [0.15, 0.2) is 114 Å². The van der Waals surface area contributed by atoms with Gasteiger partial charge in [-0.3, -0.25) is 13.9 Å². The van der Waals surface area contributed by atoms with Gasteiger partial charge in [-0.1, -0.05) is 96.1 Å². The van der Waals surface area contributed by atoms with E-state index in [1.54, 1.807) is 54.6 Å². The molecule has 1 N–H and O–H groups in total. The van der Waals surface area contributed by atoms with E-state index in [4.69, 9.17) is 0 Å². The first-order chi connectivity index (χ1) is 20.2. The van der Waals surface area contributed by atoms with Gasteiger partial charge in [-0.05, 0) is 56.2 Å². The summed E-state index contributed by atoms with van der Waals surface area (Å²) in [5.41, 5.74) is 4.04. The normalized spacial score (nSPS) is 11.9. The fourth-order valence-corrected chi connectivity index (χ4v) is 6.23. The van der Waals surface area contributed by atoms with E-state index in [1.807, 2.05) is 75.4 Å². The van der Waals surface area contributed by atoms with E-state index in [0.717, 1.165) is 26.6 Å². The van der Waals surface area contributed by atoms with Crippen LogP contribution in [0, 0.1) is 13.8 Å². The maximum atomic E-state index is 14.3. The summed E-state index contributed by atoms with van der Waals surface area (Å²) in [4.78, 5) is 29.4. The van der Waals surface area contributed by atoms with Crippen molar-refractivity contribution in [3.63, 3.8) is 0 Å². The summed E-state index contributed by atoms with van der Waals surface area (Å²) in [6.07, 6.45) is 0.278. The van der Waals surface area contributed by atoms with Crippen molar-refractivity contribution < 1.29 is 18.0 Å². The number of rotatable bonds is 12. The molecule has 0 bridgehead atoms. The fraction of sp³-hybridized carbons (Fsp3) is 0.235. The number of carbonyl (C=O) groups is 2. The van der Waals surface area contributed by atoms with Gasteiger partial charge >= 0.3 is 0 Å². The molecule has 0 aliphatic carbocycles. The van der Waals surface area contributed by atoms with Crippen molar-refractivity contribution in [1.82, 2.24) is 10.2 Å². The molecule has 0 radical (unpaired) electrons. The molecule has 1 atom stereocenters. The summed E-state index contributed by atoms with van der Waals surface area (Å²) in [5.74, 6) is -0.779. The Morgan fingerprint density at radius 2 is 1.38 bits per heavy atom. The number of aryl methyl sites for hydroxylation is 2. The fourth-order valence-electron chi connectivity index (χ4n) is 4.81. The Balaban J connectivity index is 1.78. The van der Waals surface area contributed by atoms with Crippen molar-refractivity contribution in [3.05, 3.63) is 131 Å². The highest BCUT2D eigenvalue weighted by Crippen LogP contribution is 2.25. The highest BCUT2D eigenvalue weighted by molar-refractivity contribution is 7.92. The summed E-state index contributed by atoms with van der Waals surface area (Å²) < 4.78 is 29.1. The summed E-state index contributed by atoms with van der Waals surface area (Å²) in [5, 5.41) is 2.88. The number of hydrogen-bond donors (Lipinski definition) is 1. The Kier molecular flexibility index (Phi) is 10.1. The van der Waals surface area contributed by atoms with Gasteiger partial charge in [-0.25, -0.2) is 8.42 Å². The second-order valence-electron chi connectivity index (χ2n) is 10.3. The second kappa shape index (κ2) is 14.0. The monoisotopic (exact) mass is 583 g/mol. The third-order valence-corrected chi connectivity index (χ3v) is 8.78. The van der Waals surface area contributed by atoms with Crippen molar-refractivity contribution >= 4 is 27.5 Å². The topological polar surface area (TPSA) is 86.8 Å². The molecule has 42 heavy (non-hydrogen) atoms. The Labute approximate surface area is 248 Å². The molecule has 1 unspecified atom stereocenters. The summed E-state index contributed by atoms with van der Waals surface area (Å²) in [6.45, 7) is 5.74. The molecular weight excluding hydrogens is 546 g/mol. The average Bonchev–Trinajstić information content (AvgIpc) is 2.99. The minimum atomic E-state index is -4.11. The van der Waals surface area contributed by atoms with Gasteiger partial charge in [0, 0.05) is 19.5 Å². The largest absolute Gasteiger partial charge is 0.355 e. The molecule has 7 nitrogen and oxygen atoms in total. The number of benzene rings is 4. The minimum absolute atomic E-state index is 0.0829. The lowest BCUT2D eigenvalue weighted by molar-refractivity contribution is -0.140. The maximum Gasteiger partial charge on any atom is 0.264 e. The molecule has 0 spiro atoms. The summed E-state index contributed by atoms with van der Waals surface area (Å²) in [7, 11) is -4.11. The van der Waals surface area contributed by atoms with Crippen LogP contribution in [0.3, 0.4) is 0 Å². The average molecular weight is 584 g/mol. The third-order valence-electron chi connectivity index (χ3n) is 6.99. The summed E-state index contributed by atoms with van der Waals surface area (Å²) >= 11 is 0. The molecule has 4 aromatic rings. The highest BCUT2D eigenvalue weighted by atomic mass is 32.2. The van der Waals surface area contributed by atoms with Crippen molar-refractivity contribution in [2.45, 2.75) is 44.7 Å². The zero-order valence-corrected chi connectivity index (χ0v) is 25.1. The molecule has 4 aromatic carbocycles. The van der Waals surface area contributed by atoms with Gasteiger partial charge in [0.15, 0.2) is 0 Å². The van der Waals surface area contributed by atoms with Crippen LogP contribution in [0.5, 0.6) is 0 Å². The molecule has 0 saturated heterocycles. The van der Waals surface area contributed by atoms with Gasteiger partial charge in [-0.2, -0.15) is 0 Å². The van der Waals surface area contributed by atoms with Crippen LogP contribution < -0.4 is 9.62 Å². The van der Waals surface area contributed by atoms with Crippen LogP contribution in [0.1, 0.15) is 29.2 Å². The van der Waals surface area contributed by atoms with E-state index < -0.39 is 28.5 Å². The van der Waals surface area contributed by atoms with Gasteiger partial charge < -0.3 is 10.2 Å². The van der Waals surface area contributed by atoms with E-state index in [1.165, 1.54) is 4.90 Å². The molecular formula is C34H37N3O4S. The van der Waals surface area contributed by atoms with E-state index in [-0.39, 0.29) is 23.8 Å². The lowest BCUT2D eigenvalue weighted by atomic mass is 10.0. The number of nitrogens with zero attached hydrogens (tertiary/aromatic N) is 2. The predicted octanol–water partition coefficient (Wildman–Crippen LogP) is 5.27. The lowest BCUT2D eigenvalue weighted by Crippen LogP contribution is -2.53. The number of sulfonamides is 1. The number of carbonyl (C=O) groups excluding carboxylic acids is 2. The zero-order chi connectivity index (χ0) is 30.1. The van der Waals surface area contributed by atoms with E-state index >= 15 is 0 Å². The predicted molar refractivity (Wildman–Crippen MR) is 166 cm³/mol. The number of likely N-dealkylation sites (N-methyl/N-ethyl adjacent to an activating group) is 1. The van der Waals surface area contributed by atoms with Gasteiger partial charge in [-0.15, -0.1) is 0 Å². The van der Waals surface area contributed by atoms with Crippen molar-refractivity contribution in [3.8, 4) is 0 Å². The molecule has 0 fully saturated rings. The van der Waals surface area contributed by atoms with Gasteiger partial charge in [0.05, 0.1) is 10.6 Å². The smallest absolute Gasteiger partial charge is 0.264 e. The van der Waals surface area contributed by atoms with Crippen LogP contribution in [0.2, 0.25) is 0 Å². The van der Waals surface area contributed by atoms with Gasteiger partial charge in [0.25, 0.3) is 10.0 Å². The quantitative estimate of drug-likeness (QED) is 0.246. The number of anilines is 1. The van der Waals surface area contributed by atoms with Crippen molar-refractivity contribution in [2.75, 3.05) is 17.4 Å². The number of amides is 2. The molecule has 8 heteroatoms. The van der Waals surface area contributed by atoms with E-state index in [9.17, 15) is 18.0 Å². The van der Waals surface area contributed by atoms with Crippen molar-refractivity contribution in [2.24, 2.45) is 0 Å². The molecule has 0 heterocycles. The second-order valence-corrected chi connectivity index (χ2v) is 12.1. The van der Waals surface area contributed by atoms with E-state index in [2.05, 4.69) is 5.32 Å². The zero-order valence-electron chi connectivity index (χ0n) is 24.2. The van der Waals surface area contributed by atoms with Gasteiger partial charge in [0.1, 0.15) is 12.6 Å². The van der Waals surface area contributed by atoms with Crippen LogP contribution >= 0.6 is 0 Å². The van der Waals surface area contributed by atoms with Gasteiger partial charge in [0.2, 0.25) is 11.8 Å². The molecule has 0 aromatic heterocycles. The first-order valence-corrected chi connectivity index (χ1v) is 15.4. The number of hydrogen-bond acceptors (Lipinski definition) is 4. The lowest BCUT2D eigenvalue weighted by Gasteiger charge is -2.34.